The van der Waals surface area contributed by atoms with E-state index >= 15 is 0 Å². The maximum Gasteiger partial charge on any atom is 0.287 e. The molecule has 1 N–H and O–H groups in total. The Bertz CT molecular complexity index is 902. The number of methoxy groups -OCH3 is 1. The Labute approximate surface area is 165 Å². The van der Waals surface area contributed by atoms with E-state index in [9.17, 15) is 4.79 Å². The fourth-order valence-electron chi connectivity index (χ4n) is 2.49. The monoisotopic (exact) mass is 433 g/mol. The van der Waals surface area contributed by atoms with Crippen LogP contribution in [0.3, 0.4) is 0 Å². The number of carbonyl (C=O) groups is 1. The van der Waals surface area contributed by atoms with Gasteiger partial charge < -0.3 is 19.2 Å². The van der Waals surface area contributed by atoms with Crippen LogP contribution in [0.2, 0.25) is 0 Å². The van der Waals surface area contributed by atoms with Crippen LogP contribution < -0.4 is 14.8 Å². The van der Waals surface area contributed by atoms with E-state index in [0.717, 1.165) is 22.5 Å². The molecule has 3 aromatic rings. The number of carbonyl (C=O) groups excluding carboxylic acids is 1. The van der Waals surface area contributed by atoms with Gasteiger partial charge in [-0.1, -0.05) is 0 Å². The molecule has 1 aromatic carbocycles. The molecule has 0 fully saturated rings. The molecule has 2 heterocycles. The van der Waals surface area contributed by atoms with E-state index in [2.05, 4.69) is 26.3 Å². The Hall–Kier alpha value is -2.74. The first-order valence-corrected chi connectivity index (χ1v) is 9.24. The summed E-state index contributed by atoms with van der Waals surface area (Å²) in [6, 6.07) is 10.6. The molecule has 1 amide bonds. The zero-order valence-electron chi connectivity index (χ0n) is 15.1. The highest BCUT2D eigenvalue weighted by Gasteiger charge is 2.14. The van der Waals surface area contributed by atoms with Crippen LogP contribution in [-0.4, -0.2) is 22.8 Å². The number of ether oxygens (including phenoxy) is 2. The predicted octanol–water partition coefficient (Wildman–Crippen LogP) is 3.78. The maximum absolute atomic E-state index is 12.3. The SMILES string of the molecule is CCn1ncc(Br)c1CNC(=O)c1ccc(COc2ccc(OC)cc2)o1. The molecule has 8 heteroatoms. The summed E-state index contributed by atoms with van der Waals surface area (Å²) in [5.41, 5.74) is 0.903. The average molecular weight is 434 g/mol. The van der Waals surface area contributed by atoms with Crippen LogP contribution in [0.1, 0.15) is 28.9 Å². The first-order chi connectivity index (χ1) is 13.1. The van der Waals surface area contributed by atoms with Gasteiger partial charge in [0, 0.05) is 6.54 Å². The van der Waals surface area contributed by atoms with E-state index in [1.165, 1.54) is 0 Å². The van der Waals surface area contributed by atoms with Gasteiger partial charge in [0.1, 0.15) is 23.9 Å². The van der Waals surface area contributed by atoms with E-state index in [-0.39, 0.29) is 18.3 Å². The summed E-state index contributed by atoms with van der Waals surface area (Å²) in [7, 11) is 1.61. The van der Waals surface area contributed by atoms with E-state index in [1.54, 1.807) is 25.4 Å². The van der Waals surface area contributed by atoms with Gasteiger partial charge in [-0.15, -0.1) is 0 Å². The normalized spacial score (nSPS) is 10.6. The number of rotatable bonds is 8. The van der Waals surface area contributed by atoms with Gasteiger partial charge in [0.25, 0.3) is 5.91 Å². The Kier molecular flexibility index (Phi) is 6.18. The molecule has 2 aromatic heterocycles. The molecule has 0 saturated carbocycles. The Morgan fingerprint density at radius 1 is 1.22 bits per heavy atom. The molecule has 0 radical (unpaired) electrons. The van der Waals surface area contributed by atoms with E-state index in [0.29, 0.717) is 18.1 Å². The Morgan fingerprint density at radius 2 is 1.96 bits per heavy atom. The maximum atomic E-state index is 12.3. The summed E-state index contributed by atoms with van der Waals surface area (Å²) in [5, 5.41) is 7.06. The molecule has 0 bridgehead atoms. The van der Waals surface area contributed by atoms with Crippen molar-refractivity contribution in [3.05, 3.63) is 64.3 Å². The molecular formula is C19H20BrN3O4. The molecule has 3 rings (SSSR count). The second-order valence-electron chi connectivity index (χ2n) is 5.67. The number of hydrogen-bond donors (Lipinski definition) is 1. The van der Waals surface area contributed by atoms with Crippen molar-refractivity contribution >= 4 is 21.8 Å². The quantitative estimate of drug-likeness (QED) is 0.584. The van der Waals surface area contributed by atoms with Crippen LogP contribution in [0.15, 0.2) is 51.5 Å². The summed E-state index contributed by atoms with van der Waals surface area (Å²) in [5.74, 6) is 1.96. The summed E-state index contributed by atoms with van der Waals surface area (Å²) in [6.45, 7) is 3.30. The summed E-state index contributed by atoms with van der Waals surface area (Å²) >= 11 is 3.44. The number of hydrogen-bond acceptors (Lipinski definition) is 5. The molecule has 142 valence electrons. The number of nitrogens with zero attached hydrogens (tertiary/aromatic N) is 2. The predicted molar refractivity (Wildman–Crippen MR) is 103 cm³/mol. The minimum atomic E-state index is -0.290. The second kappa shape index (κ2) is 8.77. The molecular weight excluding hydrogens is 414 g/mol. The number of amides is 1. The summed E-state index contributed by atoms with van der Waals surface area (Å²) < 4.78 is 19.0. The van der Waals surface area contributed by atoms with Crippen molar-refractivity contribution < 1.29 is 18.7 Å². The van der Waals surface area contributed by atoms with Crippen LogP contribution in [0, 0.1) is 0 Å². The van der Waals surface area contributed by atoms with Crippen molar-refractivity contribution in [2.24, 2.45) is 0 Å². The third kappa shape index (κ3) is 4.71. The molecule has 7 nitrogen and oxygen atoms in total. The van der Waals surface area contributed by atoms with Gasteiger partial charge in [-0.05, 0) is 59.3 Å². The highest BCUT2D eigenvalue weighted by atomic mass is 79.9. The molecule has 0 unspecified atom stereocenters. The fourth-order valence-corrected chi connectivity index (χ4v) is 2.93. The van der Waals surface area contributed by atoms with Gasteiger partial charge >= 0.3 is 0 Å². The first kappa shape index (κ1) is 19.0. The van der Waals surface area contributed by atoms with Gasteiger partial charge in [0.15, 0.2) is 5.76 Å². The molecule has 0 aliphatic rings. The lowest BCUT2D eigenvalue weighted by molar-refractivity contribution is 0.0918. The molecule has 0 aliphatic heterocycles. The Balaban J connectivity index is 1.54. The summed E-state index contributed by atoms with van der Waals surface area (Å²) in [6.07, 6.45) is 1.71. The molecule has 27 heavy (non-hydrogen) atoms. The van der Waals surface area contributed by atoms with Crippen molar-refractivity contribution in [3.63, 3.8) is 0 Å². The molecule has 0 saturated heterocycles. The van der Waals surface area contributed by atoms with E-state index in [1.807, 2.05) is 35.9 Å². The van der Waals surface area contributed by atoms with Crippen LogP contribution in [0.4, 0.5) is 0 Å². The van der Waals surface area contributed by atoms with Gasteiger partial charge in [0.2, 0.25) is 0 Å². The smallest absolute Gasteiger partial charge is 0.287 e. The van der Waals surface area contributed by atoms with Gasteiger partial charge in [-0.3, -0.25) is 9.48 Å². The third-order valence-electron chi connectivity index (χ3n) is 3.94. The van der Waals surface area contributed by atoms with Gasteiger partial charge in [-0.25, -0.2) is 0 Å². The van der Waals surface area contributed by atoms with Crippen molar-refractivity contribution in [2.45, 2.75) is 26.6 Å². The van der Waals surface area contributed by atoms with Gasteiger partial charge in [-0.2, -0.15) is 5.10 Å². The average Bonchev–Trinajstić information content (AvgIpc) is 3.31. The third-order valence-corrected chi connectivity index (χ3v) is 4.60. The van der Waals surface area contributed by atoms with Crippen LogP contribution in [0.25, 0.3) is 0 Å². The van der Waals surface area contributed by atoms with Crippen molar-refractivity contribution in [3.8, 4) is 11.5 Å². The van der Waals surface area contributed by atoms with Crippen molar-refractivity contribution in [2.75, 3.05) is 7.11 Å². The number of benzene rings is 1. The topological polar surface area (TPSA) is 78.5 Å². The van der Waals surface area contributed by atoms with E-state index in [4.69, 9.17) is 13.9 Å². The molecule has 0 aliphatic carbocycles. The Morgan fingerprint density at radius 3 is 2.67 bits per heavy atom. The number of nitrogens with one attached hydrogen (secondary N) is 1. The number of aromatic nitrogens is 2. The fraction of sp³-hybridized carbons (Fsp3) is 0.263. The minimum absolute atomic E-state index is 0.230. The minimum Gasteiger partial charge on any atom is -0.497 e. The van der Waals surface area contributed by atoms with Crippen molar-refractivity contribution in [1.29, 1.82) is 0 Å². The largest absolute Gasteiger partial charge is 0.497 e. The number of aryl methyl sites for hydroxylation is 1. The zero-order valence-corrected chi connectivity index (χ0v) is 16.7. The van der Waals surface area contributed by atoms with Crippen LogP contribution >= 0.6 is 15.9 Å². The lowest BCUT2D eigenvalue weighted by Gasteiger charge is -2.07. The zero-order chi connectivity index (χ0) is 19.2. The number of halogens is 1. The highest BCUT2D eigenvalue weighted by molar-refractivity contribution is 9.10. The lowest BCUT2D eigenvalue weighted by atomic mass is 10.3. The second-order valence-corrected chi connectivity index (χ2v) is 6.52. The molecule has 0 spiro atoms. The highest BCUT2D eigenvalue weighted by Crippen LogP contribution is 2.19. The van der Waals surface area contributed by atoms with E-state index < -0.39 is 0 Å². The van der Waals surface area contributed by atoms with Crippen molar-refractivity contribution in [1.82, 2.24) is 15.1 Å². The van der Waals surface area contributed by atoms with Gasteiger partial charge in [0.05, 0.1) is 30.0 Å². The standard InChI is InChI=1S/C19H20BrN3O4/c1-3-23-17(16(20)10-22-23)11-21-19(24)18-9-8-15(27-18)12-26-14-6-4-13(25-2)5-7-14/h4-10H,3,11-12H2,1-2H3,(H,21,24). The first-order valence-electron chi connectivity index (χ1n) is 8.44. The lowest BCUT2D eigenvalue weighted by Crippen LogP contribution is -2.24. The molecule has 0 atom stereocenters. The van der Waals surface area contributed by atoms with Crippen LogP contribution in [-0.2, 0) is 19.7 Å². The summed E-state index contributed by atoms with van der Waals surface area (Å²) in [4.78, 5) is 12.3. The number of furan rings is 1. The van der Waals surface area contributed by atoms with Crippen LogP contribution in [0.5, 0.6) is 11.5 Å².